The van der Waals surface area contributed by atoms with Crippen LogP contribution in [0.5, 0.6) is 0 Å². The summed E-state index contributed by atoms with van der Waals surface area (Å²) < 4.78 is 5.09. The molecular weight excluding hydrogens is 288 g/mol. The van der Waals surface area contributed by atoms with Crippen LogP contribution in [0.3, 0.4) is 0 Å². The van der Waals surface area contributed by atoms with Crippen LogP contribution >= 0.6 is 11.8 Å². The monoisotopic (exact) mass is 316 g/mol. The van der Waals surface area contributed by atoms with E-state index in [0.717, 1.165) is 12.2 Å². The number of carbonyl (C=O) groups is 2. The highest BCUT2D eigenvalue weighted by Crippen LogP contribution is 2.22. The van der Waals surface area contributed by atoms with E-state index in [0.29, 0.717) is 37.8 Å². The van der Waals surface area contributed by atoms with Gasteiger partial charge in [-0.3, -0.25) is 4.79 Å². The molecule has 1 aliphatic heterocycles. The Labute approximate surface area is 132 Å². The van der Waals surface area contributed by atoms with Gasteiger partial charge in [-0.25, -0.2) is 4.79 Å². The van der Waals surface area contributed by atoms with Gasteiger partial charge in [-0.05, 0) is 31.7 Å². The van der Waals surface area contributed by atoms with E-state index in [9.17, 15) is 9.59 Å². The fourth-order valence-electron chi connectivity index (χ4n) is 2.63. The van der Waals surface area contributed by atoms with Crippen LogP contribution in [-0.4, -0.2) is 54.0 Å². The molecule has 0 aromatic carbocycles. The van der Waals surface area contributed by atoms with Gasteiger partial charge in [-0.15, -0.1) is 0 Å². The topological polar surface area (TPSA) is 72.6 Å². The van der Waals surface area contributed by atoms with Gasteiger partial charge in [0.05, 0.1) is 6.61 Å². The lowest BCUT2D eigenvalue weighted by atomic mass is 9.93. The average Bonchev–Trinajstić information content (AvgIpc) is 2.46. The Kier molecular flexibility index (Phi) is 8.11. The van der Waals surface area contributed by atoms with Gasteiger partial charge in [-0.1, -0.05) is 13.8 Å². The summed E-state index contributed by atoms with van der Waals surface area (Å²) in [6, 6.07) is -0.436. The third kappa shape index (κ3) is 5.87. The minimum atomic E-state index is -0.436. The van der Waals surface area contributed by atoms with Crippen molar-refractivity contribution in [2.45, 2.75) is 39.7 Å². The number of hydrogen-bond donors (Lipinski definition) is 1. The second-order valence-electron chi connectivity index (χ2n) is 5.87. The molecule has 6 heteroatoms. The molecule has 0 bridgehead atoms. The molecule has 0 radical (unpaired) electrons. The highest BCUT2D eigenvalue weighted by molar-refractivity contribution is 7.99. The second-order valence-corrected chi connectivity index (χ2v) is 7.02. The van der Waals surface area contributed by atoms with Crippen LogP contribution in [0.1, 0.15) is 33.6 Å². The number of thioether (sulfide) groups is 1. The molecule has 2 unspecified atom stereocenters. The minimum absolute atomic E-state index is 0.0319. The van der Waals surface area contributed by atoms with Crippen molar-refractivity contribution in [3.8, 4) is 0 Å². The molecule has 5 nitrogen and oxygen atoms in total. The van der Waals surface area contributed by atoms with Crippen molar-refractivity contribution >= 4 is 23.6 Å². The van der Waals surface area contributed by atoms with Crippen LogP contribution in [0.2, 0.25) is 0 Å². The van der Waals surface area contributed by atoms with Crippen LogP contribution in [-0.2, 0) is 14.3 Å². The largest absolute Gasteiger partial charge is 0.464 e. The highest BCUT2D eigenvalue weighted by Gasteiger charge is 2.34. The van der Waals surface area contributed by atoms with Crippen LogP contribution in [0, 0.1) is 11.8 Å². The number of rotatable bonds is 7. The van der Waals surface area contributed by atoms with E-state index in [-0.39, 0.29) is 17.8 Å². The van der Waals surface area contributed by atoms with Crippen molar-refractivity contribution in [1.82, 2.24) is 4.90 Å². The molecular formula is C15H28N2O3S. The van der Waals surface area contributed by atoms with Crippen LogP contribution in [0.25, 0.3) is 0 Å². The summed E-state index contributed by atoms with van der Waals surface area (Å²) in [6.07, 6.45) is 1.37. The molecule has 0 aromatic rings. The van der Waals surface area contributed by atoms with Gasteiger partial charge in [-0.2, -0.15) is 11.8 Å². The standard InChI is InChI=1S/C15H28N2O3S/c1-4-20-15(19)13-10-21-6-5-17(13)14(18)8-12(9-16)7-11(2)3/h11-13H,4-10,16H2,1-3H3. The number of esters is 1. The maximum Gasteiger partial charge on any atom is 0.329 e. The van der Waals surface area contributed by atoms with Gasteiger partial charge in [0.2, 0.25) is 5.91 Å². The van der Waals surface area contributed by atoms with E-state index in [4.69, 9.17) is 10.5 Å². The Morgan fingerprint density at radius 2 is 2.14 bits per heavy atom. The zero-order valence-electron chi connectivity index (χ0n) is 13.3. The van der Waals surface area contributed by atoms with Gasteiger partial charge >= 0.3 is 5.97 Å². The lowest BCUT2D eigenvalue weighted by Crippen LogP contribution is -2.51. The fourth-order valence-corrected chi connectivity index (χ4v) is 3.66. The SMILES string of the molecule is CCOC(=O)C1CSCCN1C(=O)CC(CN)CC(C)C. The number of ether oxygens (including phenoxy) is 1. The van der Waals surface area contributed by atoms with E-state index in [1.165, 1.54) is 0 Å². The molecule has 1 rings (SSSR count). The van der Waals surface area contributed by atoms with E-state index >= 15 is 0 Å². The molecule has 1 saturated heterocycles. The number of hydrogen-bond acceptors (Lipinski definition) is 5. The second kappa shape index (κ2) is 9.30. The zero-order chi connectivity index (χ0) is 15.8. The summed E-state index contributed by atoms with van der Waals surface area (Å²) in [6.45, 7) is 7.52. The predicted molar refractivity (Wildman–Crippen MR) is 86.1 cm³/mol. The summed E-state index contributed by atoms with van der Waals surface area (Å²) >= 11 is 1.69. The Morgan fingerprint density at radius 3 is 2.71 bits per heavy atom. The van der Waals surface area contributed by atoms with Crippen molar-refractivity contribution in [3.63, 3.8) is 0 Å². The van der Waals surface area contributed by atoms with Gasteiger partial charge in [0.25, 0.3) is 0 Å². The van der Waals surface area contributed by atoms with Gasteiger partial charge < -0.3 is 15.4 Å². The third-order valence-corrected chi connectivity index (χ3v) is 4.63. The highest BCUT2D eigenvalue weighted by atomic mass is 32.2. The summed E-state index contributed by atoms with van der Waals surface area (Å²) in [4.78, 5) is 26.2. The smallest absolute Gasteiger partial charge is 0.329 e. The van der Waals surface area contributed by atoms with E-state index in [1.54, 1.807) is 23.6 Å². The molecule has 122 valence electrons. The Hall–Kier alpha value is -0.750. The number of carbonyl (C=O) groups excluding carboxylic acids is 2. The zero-order valence-corrected chi connectivity index (χ0v) is 14.2. The number of nitrogens with two attached hydrogens (primary N) is 1. The molecule has 1 fully saturated rings. The first-order valence-electron chi connectivity index (χ1n) is 7.73. The first-order chi connectivity index (χ1) is 9.99. The Bertz CT molecular complexity index is 350. The number of amides is 1. The van der Waals surface area contributed by atoms with Gasteiger partial charge in [0.1, 0.15) is 6.04 Å². The van der Waals surface area contributed by atoms with Crippen LogP contribution in [0.4, 0.5) is 0 Å². The molecule has 21 heavy (non-hydrogen) atoms. The van der Waals surface area contributed by atoms with Crippen molar-refractivity contribution in [2.24, 2.45) is 17.6 Å². The maximum atomic E-state index is 12.5. The Balaban J connectivity index is 2.65. The fraction of sp³-hybridized carbons (Fsp3) is 0.867. The van der Waals surface area contributed by atoms with E-state index < -0.39 is 6.04 Å². The van der Waals surface area contributed by atoms with Crippen LogP contribution < -0.4 is 5.73 Å². The normalized spacial score (nSPS) is 20.4. The molecule has 0 saturated carbocycles. The van der Waals surface area contributed by atoms with Crippen molar-refractivity contribution in [3.05, 3.63) is 0 Å². The van der Waals surface area contributed by atoms with E-state index in [2.05, 4.69) is 13.8 Å². The number of nitrogens with zero attached hydrogens (tertiary/aromatic N) is 1. The first kappa shape index (κ1) is 18.3. The molecule has 2 atom stereocenters. The maximum absolute atomic E-state index is 12.5. The third-order valence-electron chi connectivity index (χ3n) is 3.61. The molecule has 1 heterocycles. The summed E-state index contributed by atoms with van der Waals surface area (Å²) in [5, 5.41) is 0. The Morgan fingerprint density at radius 1 is 1.43 bits per heavy atom. The van der Waals surface area contributed by atoms with Crippen LogP contribution in [0.15, 0.2) is 0 Å². The lowest BCUT2D eigenvalue weighted by molar-refractivity contribution is -0.154. The molecule has 1 amide bonds. The molecule has 1 aliphatic rings. The average molecular weight is 316 g/mol. The van der Waals surface area contributed by atoms with Crippen molar-refractivity contribution < 1.29 is 14.3 Å². The van der Waals surface area contributed by atoms with E-state index in [1.807, 2.05) is 0 Å². The van der Waals surface area contributed by atoms with Gasteiger partial charge in [0.15, 0.2) is 0 Å². The van der Waals surface area contributed by atoms with Crippen molar-refractivity contribution in [1.29, 1.82) is 0 Å². The molecule has 0 aliphatic carbocycles. The minimum Gasteiger partial charge on any atom is -0.464 e. The molecule has 2 N–H and O–H groups in total. The quantitative estimate of drug-likeness (QED) is 0.721. The van der Waals surface area contributed by atoms with Gasteiger partial charge in [0, 0.05) is 24.5 Å². The lowest BCUT2D eigenvalue weighted by Gasteiger charge is -2.34. The summed E-state index contributed by atoms with van der Waals surface area (Å²) in [7, 11) is 0. The molecule has 0 spiro atoms. The van der Waals surface area contributed by atoms with Crippen molar-refractivity contribution in [2.75, 3.05) is 31.2 Å². The predicted octanol–water partition coefficient (Wildman–Crippen LogP) is 1.50. The molecule has 0 aromatic heterocycles. The summed E-state index contributed by atoms with van der Waals surface area (Å²) in [5.74, 6) is 1.95. The first-order valence-corrected chi connectivity index (χ1v) is 8.88. The summed E-state index contributed by atoms with van der Waals surface area (Å²) in [5.41, 5.74) is 5.77.